The lowest BCUT2D eigenvalue weighted by Crippen LogP contribution is -2.43. The third-order valence-electron chi connectivity index (χ3n) is 4.02. The van der Waals surface area contributed by atoms with Crippen molar-refractivity contribution in [2.24, 2.45) is 5.92 Å². The Labute approximate surface area is 149 Å². The van der Waals surface area contributed by atoms with Crippen molar-refractivity contribution in [2.45, 2.75) is 31.7 Å². The Kier molecular flexibility index (Phi) is 6.45. The molecule has 8 heteroatoms. The van der Waals surface area contributed by atoms with Crippen LogP contribution in [0.4, 0.5) is 0 Å². The van der Waals surface area contributed by atoms with Crippen LogP contribution in [0.2, 0.25) is 10.0 Å². The van der Waals surface area contributed by atoms with Crippen LogP contribution in [-0.4, -0.2) is 35.5 Å². The van der Waals surface area contributed by atoms with Crippen molar-refractivity contribution in [1.29, 1.82) is 0 Å². The largest absolute Gasteiger partial charge is 0.481 e. The van der Waals surface area contributed by atoms with E-state index in [-0.39, 0.29) is 35.0 Å². The maximum atomic E-state index is 12.0. The van der Waals surface area contributed by atoms with Crippen LogP contribution in [0.15, 0.2) is 18.2 Å². The first-order valence-corrected chi connectivity index (χ1v) is 8.38. The minimum atomic E-state index is -0.787. The zero-order valence-electron chi connectivity index (χ0n) is 12.9. The molecule has 1 aliphatic rings. The quantitative estimate of drug-likeness (QED) is 0.739. The van der Waals surface area contributed by atoms with E-state index in [4.69, 9.17) is 28.3 Å². The van der Waals surface area contributed by atoms with Gasteiger partial charge in [0.2, 0.25) is 5.91 Å². The average molecular weight is 373 g/mol. The van der Waals surface area contributed by atoms with Crippen molar-refractivity contribution in [3.63, 3.8) is 0 Å². The van der Waals surface area contributed by atoms with Crippen molar-refractivity contribution in [3.8, 4) is 0 Å². The molecule has 1 aliphatic carbocycles. The van der Waals surface area contributed by atoms with E-state index in [1.54, 1.807) is 6.07 Å². The van der Waals surface area contributed by atoms with E-state index in [1.165, 1.54) is 12.1 Å². The molecule has 0 bridgehead atoms. The van der Waals surface area contributed by atoms with Gasteiger partial charge in [-0.05, 0) is 43.9 Å². The summed E-state index contributed by atoms with van der Waals surface area (Å²) in [5.41, 5.74) is 0.207. The molecule has 2 rings (SSSR count). The smallest absolute Gasteiger partial charge is 0.306 e. The minimum absolute atomic E-state index is 0.0558. The predicted molar refractivity (Wildman–Crippen MR) is 90.3 cm³/mol. The monoisotopic (exact) mass is 372 g/mol. The van der Waals surface area contributed by atoms with Gasteiger partial charge in [0.05, 0.1) is 23.0 Å². The van der Waals surface area contributed by atoms with Crippen molar-refractivity contribution in [1.82, 2.24) is 10.6 Å². The van der Waals surface area contributed by atoms with Crippen molar-refractivity contribution in [2.75, 3.05) is 6.54 Å². The molecule has 1 fully saturated rings. The minimum Gasteiger partial charge on any atom is -0.481 e. The Morgan fingerprint density at radius 1 is 1.12 bits per heavy atom. The van der Waals surface area contributed by atoms with E-state index in [9.17, 15) is 14.4 Å². The van der Waals surface area contributed by atoms with Crippen molar-refractivity contribution < 1.29 is 19.5 Å². The second-order valence-electron chi connectivity index (χ2n) is 5.76. The summed E-state index contributed by atoms with van der Waals surface area (Å²) >= 11 is 11.8. The summed E-state index contributed by atoms with van der Waals surface area (Å²) in [6.07, 6.45) is 2.34. The fourth-order valence-corrected chi connectivity index (χ4v) is 3.07. The van der Waals surface area contributed by atoms with E-state index in [0.717, 1.165) is 0 Å². The second kappa shape index (κ2) is 8.35. The Balaban J connectivity index is 1.78. The molecule has 0 heterocycles. The van der Waals surface area contributed by atoms with E-state index in [0.29, 0.717) is 30.7 Å². The molecule has 6 nitrogen and oxygen atoms in total. The lowest BCUT2D eigenvalue weighted by atomic mass is 9.86. The summed E-state index contributed by atoms with van der Waals surface area (Å²) in [6.45, 7) is -0.180. The number of hydrogen-bond donors (Lipinski definition) is 3. The van der Waals surface area contributed by atoms with Gasteiger partial charge in [-0.3, -0.25) is 14.4 Å². The maximum absolute atomic E-state index is 12.0. The molecule has 0 spiro atoms. The van der Waals surface area contributed by atoms with Crippen LogP contribution >= 0.6 is 23.2 Å². The van der Waals surface area contributed by atoms with E-state index >= 15 is 0 Å². The van der Waals surface area contributed by atoms with Gasteiger partial charge in [0, 0.05) is 11.1 Å². The van der Waals surface area contributed by atoms with Gasteiger partial charge in [0.1, 0.15) is 0 Å². The Bertz CT molecular complexity index is 643. The van der Waals surface area contributed by atoms with E-state index < -0.39 is 11.9 Å². The average Bonchev–Trinajstić information content (AvgIpc) is 2.55. The molecule has 1 saturated carbocycles. The number of carbonyl (C=O) groups is 3. The van der Waals surface area contributed by atoms with Crippen LogP contribution in [0, 0.1) is 5.92 Å². The van der Waals surface area contributed by atoms with Gasteiger partial charge in [-0.1, -0.05) is 23.2 Å². The first-order valence-electron chi connectivity index (χ1n) is 7.62. The molecule has 1 aromatic carbocycles. The molecule has 2 amide bonds. The standard InChI is InChI=1S/C16H18Cl2N2O4/c17-10-3-6-13(18)12(7-10)15(22)19-8-14(21)20-11-4-1-9(2-5-11)16(23)24/h3,6-7,9,11H,1-2,4-5,8H2,(H,19,22)(H,20,21)(H,23,24). The molecule has 130 valence electrons. The zero-order chi connectivity index (χ0) is 17.7. The molecule has 24 heavy (non-hydrogen) atoms. The number of aliphatic carboxylic acids is 1. The first kappa shape index (κ1) is 18.5. The van der Waals surface area contributed by atoms with Gasteiger partial charge in [0.25, 0.3) is 5.91 Å². The fourth-order valence-electron chi connectivity index (χ4n) is 2.69. The summed E-state index contributed by atoms with van der Waals surface area (Å²) in [5.74, 6) is -1.92. The maximum Gasteiger partial charge on any atom is 0.306 e. The number of amides is 2. The van der Waals surface area contributed by atoms with Crippen molar-refractivity contribution in [3.05, 3.63) is 33.8 Å². The van der Waals surface area contributed by atoms with E-state index in [1.807, 2.05) is 0 Å². The van der Waals surface area contributed by atoms with Gasteiger partial charge in [-0.2, -0.15) is 0 Å². The number of carboxylic acid groups (broad SMARTS) is 1. The highest BCUT2D eigenvalue weighted by molar-refractivity contribution is 6.35. The lowest BCUT2D eigenvalue weighted by molar-refractivity contribution is -0.142. The molecule has 0 saturated heterocycles. The highest BCUT2D eigenvalue weighted by Crippen LogP contribution is 2.24. The van der Waals surface area contributed by atoms with Gasteiger partial charge in [-0.15, -0.1) is 0 Å². The second-order valence-corrected chi connectivity index (χ2v) is 6.60. The number of carboxylic acids is 1. The predicted octanol–water partition coefficient (Wildman–Crippen LogP) is 2.48. The summed E-state index contributed by atoms with van der Waals surface area (Å²) < 4.78 is 0. The molecule has 1 aromatic rings. The number of hydrogen-bond acceptors (Lipinski definition) is 3. The number of nitrogens with one attached hydrogen (secondary N) is 2. The third kappa shape index (κ3) is 5.11. The highest BCUT2D eigenvalue weighted by Gasteiger charge is 2.26. The Morgan fingerprint density at radius 3 is 2.42 bits per heavy atom. The molecule has 0 radical (unpaired) electrons. The van der Waals surface area contributed by atoms with Crippen LogP contribution in [0.1, 0.15) is 36.0 Å². The van der Waals surface area contributed by atoms with Crippen molar-refractivity contribution >= 4 is 41.0 Å². The Morgan fingerprint density at radius 2 is 1.79 bits per heavy atom. The lowest BCUT2D eigenvalue weighted by Gasteiger charge is -2.26. The van der Waals surface area contributed by atoms with Crippen LogP contribution < -0.4 is 10.6 Å². The fraction of sp³-hybridized carbons (Fsp3) is 0.438. The summed E-state index contributed by atoms with van der Waals surface area (Å²) in [7, 11) is 0. The van der Waals surface area contributed by atoms with Gasteiger partial charge >= 0.3 is 5.97 Å². The molecule has 0 aliphatic heterocycles. The normalized spacial score (nSPS) is 20.2. The molecular formula is C16H18Cl2N2O4. The van der Waals surface area contributed by atoms with Gasteiger partial charge < -0.3 is 15.7 Å². The summed E-state index contributed by atoms with van der Waals surface area (Å²) in [5, 5.41) is 14.9. The molecule has 3 N–H and O–H groups in total. The Hall–Kier alpha value is -1.79. The zero-order valence-corrected chi connectivity index (χ0v) is 14.4. The first-order chi connectivity index (χ1) is 11.4. The number of benzene rings is 1. The van der Waals surface area contributed by atoms with E-state index in [2.05, 4.69) is 10.6 Å². The number of carbonyl (C=O) groups excluding carboxylic acids is 2. The van der Waals surface area contributed by atoms with Crippen LogP contribution in [0.25, 0.3) is 0 Å². The third-order valence-corrected chi connectivity index (χ3v) is 4.59. The SMILES string of the molecule is O=C(CNC(=O)c1cc(Cl)ccc1Cl)NC1CCC(C(=O)O)CC1. The topological polar surface area (TPSA) is 95.5 Å². The summed E-state index contributed by atoms with van der Waals surface area (Å²) in [6, 6.07) is 4.46. The van der Waals surface area contributed by atoms with Crippen LogP contribution in [-0.2, 0) is 9.59 Å². The number of rotatable bonds is 5. The molecule has 0 aromatic heterocycles. The molecular weight excluding hydrogens is 355 g/mol. The molecule has 0 atom stereocenters. The van der Waals surface area contributed by atoms with Gasteiger partial charge in [-0.25, -0.2) is 0 Å². The summed E-state index contributed by atoms with van der Waals surface area (Å²) in [4.78, 5) is 34.8. The highest BCUT2D eigenvalue weighted by atomic mass is 35.5. The molecule has 0 unspecified atom stereocenters. The van der Waals surface area contributed by atoms with Gasteiger partial charge in [0.15, 0.2) is 0 Å². The van der Waals surface area contributed by atoms with Crippen LogP contribution in [0.5, 0.6) is 0 Å². The number of halogens is 2. The van der Waals surface area contributed by atoms with Crippen LogP contribution in [0.3, 0.4) is 0 Å².